The molecule has 100 valence electrons. The van der Waals surface area contributed by atoms with Crippen LogP contribution in [0.3, 0.4) is 0 Å². The Morgan fingerprint density at radius 2 is 2.11 bits per heavy atom. The molecule has 0 amide bonds. The highest BCUT2D eigenvalue weighted by atomic mass is 32.2. The molecule has 2 atom stereocenters. The topological polar surface area (TPSA) is 12.0 Å². The average molecular weight is 263 g/mol. The quantitative estimate of drug-likeness (QED) is 0.836. The van der Waals surface area contributed by atoms with Gasteiger partial charge in [-0.05, 0) is 37.0 Å². The standard InChI is InChI=1S/C16H25NS/c1-2-15(12-14-8-4-3-5-9-14)17-13-16-10-6-7-11-18-16/h3-5,8-9,15-17H,2,6-7,10-13H2,1H3. The normalized spacial score (nSPS) is 21.7. The maximum Gasteiger partial charge on any atom is 0.0172 e. The molecule has 0 aliphatic carbocycles. The molecule has 1 fully saturated rings. The van der Waals surface area contributed by atoms with Gasteiger partial charge in [-0.25, -0.2) is 0 Å². The molecule has 0 radical (unpaired) electrons. The lowest BCUT2D eigenvalue weighted by Gasteiger charge is -2.25. The average Bonchev–Trinajstić information content (AvgIpc) is 2.45. The van der Waals surface area contributed by atoms with E-state index in [1.807, 2.05) is 0 Å². The zero-order valence-corrected chi connectivity index (χ0v) is 12.2. The summed E-state index contributed by atoms with van der Waals surface area (Å²) in [6.07, 6.45) is 6.62. The second-order valence-corrected chi connectivity index (χ2v) is 6.60. The van der Waals surface area contributed by atoms with Gasteiger partial charge in [-0.1, -0.05) is 43.7 Å². The largest absolute Gasteiger partial charge is 0.313 e. The van der Waals surface area contributed by atoms with Gasteiger partial charge >= 0.3 is 0 Å². The first-order valence-electron chi connectivity index (χ1n) is 7.27. The lowest BCUT2D eigenvalue weighted by atomic mass is 10.0. The van der Waals surface area contributed by atoms with Gasteiger partial charge in [-0.3, -0.25) is 0 Å². The Hall–Kier alpha value is -0.470. The number of hydrogen-bond acceptors (Lipinski definition) is 2. The second-order valence-electron chi connectivity index (χ2n) is 5.19. The number of hydrogen-bond donors (Lipinski definition) is 1. The Morgan fingerprint density at radius 1 is 1.28 bits per heavy atom. The van der Waals surface area contributed by atoms with Crippen LogP contribution in [0.4, 0.5) is 0 Å². The van der Waals surface area contributed by atoms with Crippen molar-refractivity contribution in [3.63, 3.8) is 0 Å². The van der Waals surface area contributed by atoms with Gasteiger partial charge in [0.2, 0.25) is 0 Å². The molecule has 18 heavy (non-hydrogen) atoms. The smallest absolute Gasteiger partial charge is 0.0172 e. The van der Waals surface area contributed by atoms with Crippen LogP contribution in [0.1, 0.15) is 38.2 Å². The fourth-order valence-electron chi connectivity index (χ4n) is 2.53. The predicted octanol–water partition coefficient (Wildman–Crippen LogP) is 3.88. The van der Waals surface area contributed by atoms with Crippen molar-refractivity contribution in [1.82, 2.24) is 5.32 Å². The van der Waals surface area contributed by atoms with Crippen molar-refractivity contribution in [3.05, 3.63) is 35.9 Å². The minimum Gasteiger partial charge on any atom is -0.313 e. The summed E-state index contributed by atoms with van der Waals surface area (Å²) in [6, 6.07) is 11.5. The van der Waals surface area contributed by atoms with Gasteiger partial charge in [-0.15, -0.1) is 0 Å². The van der Waals surface area contributed by atoms with Crippen LogP contribution in [0.15, 0.2) is 30.3 Å². The van der Waals surface area contributed by atoms with Crippen molar-refractivity contribution in [2.24, 2.45) is 0 Å². The molecule has 0 aromatic heterocycles. The van der Waals surface area contributed by atoms with E-state index in [9.17, 15) is 0 Å². The van der Waals surface area contributed by atoms with Crippen LogP contribution in [-0.4, -0.2) is 23.6 Å². The van der Waals surface area contributed by atoms with Gasteiger partial charge in [0.05, 0.1) is 0 Å². The third kappa shape index (κ3) is 4.66. The summed E-state index contributed by atoms with van der Waals surface area (Å²) in [7, 11) is 0. The molecule has 1 saturated heterocycles. The zero-order valence-electron chi connectivity index (χ0n) is 11.4. The first kappa shape index (κ1) is 14.0. The van der Waals surface area contributed by atoms with Gasteiger partial charge in [0.1, 0.15) is 0 Å². The Morgan fingerprint density at radius 3 is 2.78 bits per heavy atom. The molecule has 1 aromatic carbocycles. The molecular formula is C16H25NS. The molecule has 1 nitrogen and oxygen atoms in total. The van der Waals surface area contributed by atoms with Crippen LogP contribution in [0.5, 0.6) is 0 Å². The van der Waals surface area contributed by atoms with E-state index in [1.54, 1.807) is 0 Å². The summed E-state index contributed by atoms with van der Waals surface area (Å²) >= 11 is 2.16. The van der Waals surface area contributed by atoms with Crippen LogP contribution in [0.2, 0.25) is 0 Å². The van der Waals surface area contributed by atoms with Crippen molar-refractivity contribution in [2.45, 2.75) is 50.3 Å². The maximum atomic E-state index is 3.77. The summed E-state index contributed by atoms with van der Waals surface area (Å²) in [5, 5.41) is 4.62. The first-order valence-corrected chi connectivity index (χ1v) is 8.32. The van der Waals surface area contributed by atoms with E-state index in [0.717, 1.165) is 11.7 Å². The maximum absolute atomic E-state index is 3.77. The summed E-state index contributed by atoms with van der Waals surface area (Å²) in [6.45, 7) is 3.48. The fourth-order valence-corrected chi connectivity index (χ4v) is 3.78. The third-order valence-corrected chi connectivity index (χ3v) is 5.12. The molecule has 1 heterocycles. The van der Waals surface area contributed by atoms with E-state index in [4.69, 9.17) is 0 Å². The molecule has 2 heteroatoms. The molecule has 2 unspecified atom stereocenters. The minimum atomic E-state index is 0.634. The van der Waals surface area contributed by atoms with Gasteiger partial charge in [-0.2, -0.15) is 11.8 Å². The van der Waals surface area contributed by atoms with Gasteiger partial charge in [0.15, 0.2) is 0 Å². The Labute approximate surface area is 116 Å². The zero-order chi connectivity index (χ0) is 12.6. The Bertz CT molecular complexity index is 319. The lowest BCUT2D eigenvalue weighted by molar-refractivity contribution is 0.481. The number of benzene rings is 1. The van der Waals surface area contributed by atoms with Gasteiger partial charge in [0, 0.05) is 17.8 Å². The highest BCUT2D eigenvalue weighted by molar-refractivity contribution is 7.99. The summed E-state index contributed by atoms with van der Waals surface area (Å²) < 4.78 is 0. The third-order valence-electron chi connectivity index (χ3n) is 3.73. The fraction of sp³-hybridized carbons (Fsp3) is 0.625. The van der Waals surface area contributed by atoms with Crippen LogP contribution < -0.4 is 5.32 Å². The van der Waals surface area contributed by atoms with Crippen LogP contribution in [0.25, 0.3) is 0 Å². The first-order chi connectivity index (χ1) is 8.88. The van der Waals surface area contributed by atoms with E-state index in [1.165, 1.54) is 43.5 Å². The lowest BCUT2D eigenvalue weighted by Crippen LogP contribution is -2.36. The summed E-state index contributed by atoms with van der Waals surface area (Å²) in [4.78, 5) is 0. The predicted molar refractivity (Wildman–Crippen MR) is 82.3 cm³/mol. The monoisotopic (exact) mass is 263 g/mol. The highest BCUT2D eigenvalue weighted by Crippen LogP contribution is 2.24. The van der Waals surface area contributed by atoms with Crippen molar-refractivity contribution >= 4 is 11.8 Å². The highest BCUT2D eigenvalue weighted by Gasteiger charge is 2.15. The van der Waals surface area contributed by atoms with Crippen LogP contribution in [0, 0.1) is 0 Å². The minimum absolute atomic E-state index is 0.634. The molecule has 0 saturated carbocycles. The molecule has 1 aliphatic heterocycles. The van der Waals surface area contributed by atoms with Crippen molar-refractivity contribution < 1.29 is 0 Å². The number of nitrogens with one attached hydrogen (secondary N) is 1. The van der Waals surface area contributed by atoms with Crippen LogP contribution >= 0.6 is 11.8 Å². The molecule has 1 aliphatic rings. The number of thioether (sulfide) groups is 1. The van der Waals surface area contributed by atoms with Gasteiger partial charge < -0.3 is 5.32 Å². The van der Waals surface area contributed by atoms with E-state index < -0.39 is 0 Å². The van der Waals surface area contributed by atoms with Crippen LogP contribution in [-0.2, 0) is 6.42 Å². The molecule has 1 N–H and O–H groups in total. The van der Waals surface area contributed by atoms with E-state index in [-0.39, 0.29) is 0 Å². The van der Waals surface area contributed by atoms with Crippen molar-refractivity contribution in [3.8, 4) is 0 Å². The van der Waals surface area contributed by atoms with E-state index >= 15 is 0 Å². The molecule has 2 rings (SSSR count). The van der Waals surface area contributed by atoms with Crippen molar-refractivity contribution in [1.29, 1.82) is 0 Å². The summed E-state index contributed by atoms with van der Waals surface area (Å²) in [5.74, 6) is 1.36. The summed E-state index contributed by atoms with van der Waals surface area (Å²) in [5.41, 5.74) is 1.45. The Kier molecular flexibility index (Phi) is 6.09. The van der Waals surface area contributed by atoms with Crippen molar-refractivity contribution in [2.75, 3.05) is 12.3 Å². The molecule has 0 bridgehead atoms. The molecule has 1 aromatic rings. The number of rotatable bonds is 6. The molecule has 0 spiro atoms. The Balaban J connectivity index is 1.75. The second kappa shape index (κ2) is 7.85. The molecular weight excluding hydrogens is 238 g/mol. The SMILES string of the molecule is CCC(Cc1ccccc1)NCC1CCCCS1. The van der Waals surface area contributed by atoms with E-state index in [2.05, 4.69) is 54.3 Å². The van der Waals surface area contributed by atoms with Gasteiger partial charge in [0.25, 0.3) is 0 Å². The van der Waals surface area contributed by atoms with E-state index in [0.29, 0.717) is 6.04 Å².